The summed E-state index contributed by atoms with van der Waals surface area (Å²) in [4.78, 5) is 6.87. The Bertz CT molecular complexity index is 378. The fraction of sp³-hybridized carbons (Fsp3) is 0.583. The van der Waals surface area contributed by atoms with Crippen LogP contribution in [0.3, 0.4) is 0 Å². The fourth-order valence-corrected chi connectivity index (χ4v) is 2.54. The number of aromatic nitrogens is 1. The molecule has 1 aliphatic carbocycles. The smallest absolute Gasteiger partial charge is 0.128 e. The van der Waals surface area contributed by atoms with Crippen molar-refractivity contribution in [3.05, 3.63) is 23.4 Å². The molecule has 1 N–H and O–H groups in total. The van der Waals surface area contributed by atoms with Crippen molar-refractivity contribution in [1.82, 2.24) is 4.98 Å². The summed E-state index contributed by atoms with van der Waals surface area (Å²) in [5, 5.41) is 9.48. The molecule has 1 fully saturated rings. The Morgan fingerprint density at radius 3 is 3.07 bits per heavy atom. The number of fused-ring (bicyclic) bond motifs is 1. The van der Waals surface area contributed by atoms with Gasteiger partial charge < -0.3 is 10.0 Å². The van der Waals surface area contributed by atoms with Crippen molar-refractivity contribution in [1.29, 1.82) is 0 Å². The van der Waals surface area contributed by atoms with Crippen molar-refractivity contribution in [2.24, 2.45) is 0 Å². The molecule has 15 heavy (non-hydrogen) atoms. The normalized spacial score (nSPS) is 24.6. The molecular formula is C12H16N2O. The first-order valence-corrected chi connectivity index (χ1v) is 5.75. The van der Waals surface area contributed by atoms with Crippen LogP contribution in [0, 0.1) is 0 Å². The zero-order valence-corrected chi connectivity index (χ0v) is 8.82. The third-order valence-corrected chi connectivity index (χ3v) is 3.40. The van der Waals surface area contributed by atoms with Crippen molar-refractivity contribution in [3.8, 4) is 0 Å². The third-order valence-electron chi connectivity index (χ3n) is 3.40. The summed E-state index contributed by atoms with van der Waals surface area (Å²) in [6.07, 6.45) is 4.26. The topological polar surface area (TPSA) is 36.4 Å². The Balaban J connectivity index is 1.87. The van der Waals surface area contributed by atoms with E-state index in [1.165, 1.54) is 24.1 Å². The van der Waals surface area contributed by atoms with E-state index >= 15 is 0 Å². The lowest BCUT2D eigenvalue weighted by Gasteiger charge is -2.17. The van der Waals surface area contributed by atoms with Gasteiger partial charge in [-0.15, -0.1) is 0 Å². The minimum absolute atomic E-state index is 0.167. The van der Waals surface area contributed by atoms with Crippen LogP contribution in [-0.2, 0) is 12.8 Å². The Hall–Kier alpha value is -1.09. The van der Waals surface area contributed by atoms with Crippen molar-refractivity contribution < 1.29 is 5.11 Å². The van der Waals surface area contributed by atoms with Gasteiger partial charge in [0.05, 0.1) is 6.10 Å². The number of rotatable bonds is 1. The SMILES string of the molecule is O[C@@H]1CCN(c2ccc3c(n2)CCC3)C1. The molecule has 0 aromatic carbocycles. The van der Waals surface area contributed by atoms with E-state index in [-0.39, 0.29) is 6.10 Å². The van der Waals surface area contributed by atoms with Crippen LogP contribution >= 0.6 is 0 Å². The first-order valence-electron chi connectivity index (χ1n) is 5.75. The van der Waals surface area contributed by atoms with E-state index < -0.39 is 0 Å². The number of β-amino-alcohol motifs (C(OH)–C–C–N with tert-alkyl or cyclic N) is 1. The van der Waals surface area contributed by atoms with Crippen LogP contribution < -0.4 is 4.90 Å². The Kier molecular flexibility index (Phi) is 2.13. The van der Waals surface area contributed by atoms with Gasteiger partial charge in [-0.2, -0.15) is 0 Å². The Labute approximate surface area is 89.7 Å². The van der Waals surface area contributed by atoms with E-state index in [1.54, 1.807) is 0 Å². The average molecular weight is 204 g/mol. The van der Waals surface area contributed by atoms with Gasteiger partial charge in [0.25, 0.3) is 0 Å². The number of hydrogen-bond acceptors (Lipinski definition) is 3. The fourth-order valence-electron chi connectivity index (χ4n) is 2.54. The molecule has 80 valence electrons. The molecule has 3 nitrogen and oxygen atoms in total. The number of anilines is 1. The summed E-state index contributed by atoms with van der Waals surface area (Å²) >= 11 is 0. The molecule has 0 bridgehead atoms. The van der Waals surface area contributed by atoms with Crippen LogP contribution in [0.5, 0.6) is 0 Å². The maximum Gasteiger partial charge on any atom is 0.128 e. The highest BCUT2D eigenvalue weighted by molar-refractivity contribution is 5.44. The van der Waals surface area contributed by atoms with Crippen LogP contribution in [0.1, 0.15) is 24.1 Å². The molecule has 0 unspecified atom stereocenters. The monoisotopic (exact) mass is 204 g/mol. The van der Waals surface area contributed by atoms with E-state index in [0.717, 1.165) is 31.7 Å². The Morgan fingerprint density at radius 2 is 2.27 bits per heavy atom. The Morgan fingerprint density at radius 1 is 1.33 bits per heavy atom. The number of nitrogens with zero attached hydrogens (tertiary/aromatic N) is 2. The molecule has 0 amide bonds. The summed E-state index contributed by atoms with van der Waals surface area (Å²) in [7, 11) is 0. The second-order valence-corrected chi connectivity index (χ2v) is 4.52. The molecule has 1 saturated heterocycles. The molecule has 1 atom stereocenters. The van der Waals surface area contributed by atoms with Gasteiger partial charge in [0.15, 0.2) is 0 Å². The predicted octanol–water partition coefficient (Wildman–Crippen LogP) is 1.14. The lowest BCUT2D eigenvalue weighted by Crippen LogP contribution is -2.22. The zero-order valence-electron chi connectivity index (χ0n) is 8.82. The summed E-state index contributed by atoms with van der Waals surface area (Å²) < 4.78 is 0. The first kappa shape index (κ1) is 9.16. The van der Waals surface area contributed by atoms with E-state index in [9.17, 15) is 5.11 Å². The van der Waals surface area contributed by atoms with Crippen LogP contribution in [0.15, 0.2) is 12.1 Å². The van der Waals surface area contributed by atoms with Crippen molar-refractivity contribution in [2.45, 2.75) is 31.8 Å². The van der Waals surface area contributed by atoms with Crippen LogP contribution in [-0.4, -0.2) is 29.3 Å². The molecule has 1 aromatic rings. The van der Waals surface area contributed by atoms with Crippen molar-refractivity contribution in [2.75, 3.05) is 18.0 Å². The van der Waals surface area contributed by atoms with Crippen LogP contribution in [0.25, 0.3) is 0 Å². The van der Waals surface area contributed by atoms with Crippen molar-refractivity contribution in [3.63, 3.8) is 0 Å². The quantitative estimate of drug-likeness (QED) is 0.745. The third kappa shape index (κ3) is 1.61. The van der Waals surface area contributed by atoms with E-state index in [2.05, 4.69) is 22.0 Å². The van der Waals surface area contributed by atoms with Gasteiger partial charge in [-0.3, -0.25) is 0 Å². The van der Waals surface area contributed by atoms with Crippen molar-refractivity contribution >= 4 is 5.82 Å². The zero-order chi connectivity index (χ0) is 10.3. The summed E-state index contributed by atoms with van der Waals surface area (Å²) in [5.41, 5.74) is 2.69. The first-order chi connectivity index (χ1) is 7.33. The van der Waals surface area contributed by atoms with Gasteiger partial charge in [0.2, 0.25) is 0 Å². The van der Waals surface area contributed by atoms with Crippen LogP contribution in [0.4, 0.5) is 5.82 Å². The number of aryl methyl sites for hydroxylation is 2. The molecule has 1 aliphatic heterocycles. The highest BCUT2D eigenvalue weighted by atomic mass is 16.3. The van der Waals surface area contributed by atoms with E-state index in [4.69, 9.17) is 0 Å². The highest BCUT2D eigenvalue weighted by Crippen LogP contribution is 2.25. The molecule has 1 aromatic heterocycles. The lowest BCUT2D eigenvalue weighted by atomic mass is 10.2. The van der Waals surface area contributed by atoms with Gasteiger partial charge in [0, 0.05) is 18.8 Å². The van der Waals surface area contributed by atoms with E-state index in [0.29, 0.717) is 0 Å². The second-order valence-electron chi connectivity index (χ2n) is 4.52. The average Bonchev–Trinajstić information content (AvgIpc) is 2.84. The van der Waals surface area contributed by atoms with Gasteiger partial charge in [0.1, 0.15) is 5.82 Å². The number of aliphatic hydroxyl groups excluding tert-OH is 1. The predicted molar refractivity (Wildman–Crippen MR) is 59.1 cm³/mol. The minimum Gasteiger partial charge on any atom is -0.391 e. The summed E-state index contributed by atoms with van der Waals surface area (Å²) in [6, 6.07) is 4.30. The number of aliphatic hydroxyl groups is 1. The summed E-state index contributed by atoms with van der Waals surface area (Å²) in [5.74, 6) is 1.05. The van der Waals surface area contributed by atoms with Gasteiger partial charge >= 0.3 is 0 Å². The highest BCUT2D eigenvalue weighted by Gasteiger charge is 2.22. The molecule has 0 spiro atoms. The molecule has 2 aliphatic rings. The van der Waals surface area contributed by atoms with Gasteiger partial charge in [-0.25, -0.2) is 4.98 Å². The molecule has 3 heteroatoms. The van der Waals surface area contributed by atoms with Gasteiger partial charge in [-0.05, 0) is 37.3 Å². The molecule has 0 radical (unpaired) electrons. The number of pyridine rings is 1. The molecule has 3 rings (SSSR count). The van der Waals surface area contributed by atoms with Gasteiger partial charge in [-0.1, -0.05) is 6.07 Å². The van der Waals surface area contributed by atoms with E-state index in [1.807, 2.05) is 0 Å². The number of hydrogen-bond donors (Lipinski definition) is 1. The maximum atomic E-state index is 9.48. The standard InChI is InChI=1S/C12H16N2O/c15-10-6-7-14(8-10)12-5-4-9-2-1-3-11(9)13-12/h4-5,10,15H,1-3,6-8H2/t10-/m1/s1. The molecule has 2 heterocycles. The van der Waals surface area contributed by atoms with Crippen LogP contribution in [0.2, 0.25) is 0 Å². The largest absolute Gasteiger partial charge is 0.391 e. The lowest BCUT2D eigenvalue weighted by molar-refractivity contribution is 0.198. The minimum atomic E-state index is -0.167. The second kappa shape index (κ2) is 3.49. The molecule has 0 saturated carbocycles. The maximum absolute atomic E-state index is 9.48. The summed E-state index contributed by atoms with van der Waals surface area (Å²) in [6.45, 7) is 1.68. The molecular weight excluding hydrogens is 188 g/mol.